The molecule has 0 fully saturated rings. The molecule has 0 aliphatic rings. The molecule has 0 saturated carbocycles. The Morgan fingerprint density at radius 1 is 1.03 bits per heavy atom. The van der Waals surface area contributed by atoms with Crippen molar-refractivity contribution in [2.45, 2.75) is 17.7 Å². The topological polar surface area (TPSA) is 125 Å². The lowest BCUT2D eigenvalue weighted by Crippen LogP contribution is -2.30. The maximum absolute atomic E-state index is 12.1. The zero-order chi connectivity index (χ0) is 23.8. The Balaban J connectivity index is 1.70. The van der Waals surface area contributed by atoms with E-state index in [1.54, 1.807) is 12.1 Å². The first kappa shape index (κ1) is 24.9. The fourth-order valence-electron chi connectivity index (χ4n) is 2.37. The van der Waals surface area contributed by atoms with Crippen molar-refractivity contribution in [2.75, 3.05) is 13.2 Å². The standard InChI is InChI=1S/C20H19F3N2O6S/c21-20(22,23)31-16-6-1-14(2-7-16)5-10-19(27)30-13-18(26)25-12-11-15-3-8-17(9-4-15)32(24,28)29/h1-10H,11-13H2,(H,25,26)(H2,24,28,29)/b10-5+. The van der Waals surface area contributed by atoms with E-state index >= 15 is 0 Å². The number of hydrogen-bond donors (Lipinski definition) is 2. The molecule has 0 unspecified atom stereocenters. The summed E-state index contributed by atoms with van der Waals surface area (Å²) in [6.07, 6.45) is -2.04. The number of nitrogens with two attached hydrogens (primary N) is 1. The van der Waals surface area contributed by atoms with E-state index in [-0.39, 0.29) is 11.4 Å². The van der Waals surface area contributed by atoms with Gasteiger partial charge in [-0.3, -0.25) is 4.79 Å². The average molecular weight is 472 g/mol. The summed E-state index contributed by atoms with van der Waals surface area (Å²) in [5.74, 6) is -1.75. The van der Waals surface area contributed by atoms with E-state index in [1.165, 1.54) is 30.3 Å². The molecule has 2 aromatic carbocycles. The summed E-state index contributed by atoms with van der Waals surface area (Å²) < 4.78 is 67.2. The zero-order valence-electron chi connectivity index (χ0n) is 16.5. The number of ether oxygens (including phenoxy) is 2. The van der Waals surface area contributed by atoms with E-state index in [0.717, 1.165) is 23.8 Å². The van der Waals surface area contributed by atoms with Crippen LogP contribution < -0.4 is 15.2 Å². The van der Waals surface area contributed by atoms with Gasteiger partial charge in [0.15, 0.2) is 6.61 Å². The minimum atomic E-state index is -4.79. The van der Waals surface area contributed by atoms with Crippen molar-refractivity contribution in [3.63, 3.8) is 0 Å². The quantitative estimate of drug-likeness (QED) is 0.426. The van der Waals surface area contributed by atoms with Gasteiger partial charge in [-0.2, -0.15) is 0 Å². The molecule has 0 saturated heterocycles. The van der Waals surface area contributed by atoms with E-state index in [9.17, 15) is 31.2 Å². The fourth-order valence-corrected chi connectivity index (χ4v) is 2.89. The number of alkyl halides is 3. The van der Waals surface area contributed by atoms with Gasteiger partial charge in [0.25, 0.3) is 5.91 Å². The number of amides is 1. The van der Waals surface area contributed by atoms with Crippen LogP contribution >= 0.6 is 0 Å². The van der Waals surface area contributed by atoms with Gasteiger partial charge in [-0.1, -0.05) is 24.3 Å². The molecule has 0 radical (unpaired) electrons. The van der Waals surface area contributed by atoms with Crippen LogP contribution in [0, 0.1) is 0 Å². The second-order valence-electron chi connectivity index (χ2n) is 6.35. The molecule has 0 heterocycles. The first-order valence-corrected chi connectivity index (χ1v) is 10.6. The number of sulfonamides is 1. The van der Waals surface area contributed by atoms with Crippen molar-refractivity contribution in [1.82, 2.24) is 5.32 Å². The molecular formula is C20H19F3N2O6S. The van der Waals surface area contributed by atoms with Crippen molar-refractivity contribution in [1.29, 1.82) is 0 Å². The van der Waals surface area contributed by atoms with Crippen molar-refractivity contribution in [3.8, 4) is 5.75 Å². The van der Waals surface area contributed by atoms with Crippen LogP contribution in [0.4, 0.5) is 13.2 Å². The second kappa shape index (κ2) is 10.8. The first-order chi connectivity index (χ1) is 14.9. The van der Waals surface area contributed by atoms with Crippen LogP contribution in [0.5, 0.6) is 5.75 Å². The zero-order valence-corrected chi connectivity index (χ0v) is 17.3. The summed E-state index contributed by atoms with van der Waals surface area (Å²) >= 11 is 0. The molecule has 3 N–H and O–H groups in total. The van der Waals surface area contributed by atoms with Crippen molar-refractivity contribution in [2.24, 2.45) is 5.14 Å². The molecule has 32 heavy (non-hydrogen) atoms. The number of nitrogens with one attached hydrogen (secondary N) is 1. The van der Waals surface area contributed by atoms with E-state index < -0.39 is 40.6 Å². The molecule has 0 aromatic heterocycles. The van der Waals surface area contributed by atoms with Gasteiger partial charge in [0.05, 0.1) is 4.90 Å². The van der Waals surface area contributed by atoms with Gasteiger partial charge in [-0.25, -0.2) is 18.4 Å². The number of halogens is 3. The number of carbonyl (C=O) groups excluding carboxylic acids is 2. The van der Waals surface area contributed by atoms with Gasteiger partial charge in [-0.15, -0.1) is 13.2 Å². The van der Waals surface area contributed by atoms with E-state index in [2.05, 4.69) is 10.1 Å². The number of benzene rings is 2. The summed E-state index contributed by atoms with van der Waals surface area (Å²) in [6.45, 7) is -0.292. The van der Waals surface area contributed by atoms with Crippen LogP contribution in [-0.4, -0.2) is 39.8 Å². The van der Waals surface area contributed by atoms with Crippen molar-refractivity contribution in [3.05, 3.63) is 65.7 Å². The molecule has 0 bridgehead atoms. The monoisotopic (exact) mass is 472 g/mol. The molecule has 0 atom stereocenters. The Morgan fingerprint density at radius 2 is 1.66 bits per heavy atom. The molecule has 12 heteroatoms. The minimum absolute atomic E-state index is 0.0177. The van der Waals surface area contributed by atoms with Gasteiger partial charge >= 0.3 is 12.3 Å². The second-order valence-corrected chi connectivity index (χ2v) is 7.91. The van der Waals surface area contributed by atoms with Crippen LogP contribution in [-0.2, 0) is 30.8 Å². The van der Waals surface area contributed by atoms with Gasteiger partial charge in [0.1, 0.15) is 5.75 Å². The molecule has 1 amide bonds. The molecule has 0 spiro atoms. The van der Waals surface area contributed by atoms with Crippen LogP contribution in [0.1, 0.15) is 11.1 Å². The predicted molar refractivity (Wildman–Crippen MR) is 108 cm³/mol. The van der Waals surface area contributed by atoms with Gasteiger partial charge < -0.3 is 14.8 Å². The lowest BCUT2D eigenvalue weighted by Gasteiger charge is -2.08. The summed E-state index contributed by atoms with van der Waals surface area (Å²) in [7, 11) is -3.77. The largest absolute Gasteiger partial charge is 0.573 e. The van der Waals surface area contributed by atoms with Crippen LogP contribution in [0.25, 0.3) is 6.08 Å². The predicted octanol–water partition coefficient (Wildman–Crippen LogP) is 2.15. The van der Waals surface area contributed by atoms with E-state index in [1.807, 2.05) is 0 Å². The number of esters is 1. The van der Waals surface area contributed by atoms with Crippen LogP contribution in [0.15, 0.2) is 59.5 Å². The van der Waals surface area contributed by atoms with Gasteiger partial charge in [0, 0.05) is 12.6 Å². The molecule has 172 valence electrons. The number of hydrogen-bond acceptors (Lipinski definition) is 6. The number of carbonyl (C=O) groups is 2. The van der Waals surface area contributed by atoms with Crippen LogP contribution in [0.2, 0.25) is 0 Å². The lowest BCUT2D eigenvalue weighted by atomic mass is 10.1. The first-order valence-electron chi connectivity index (χ1n) is 9.01. The summed E-state index contributed by atoms with van der Waals surface area (Å²) in [4.78, 5) is 23.4. The summed E-state index contributed by atoms with van der Waals surface area (Å²) in [5.41, 5.74) is 1.19. The lowest BCUT2D eigenvalue weighted by molar-refractivity contribution is -0.274. The van der Waals surface area contributed by atoms with Crippen LogP contribution in [0.3, 0.4) is 0 Å². The van der Waals surface area contributed by atoms with E-state index in [0.29, 0.717) is 12.0 Å². The smallest absolute Gasteiger partial charge is 0.452 e. The average Bonchev–Trinajstić information content (AvgIpc) is 2.70. The Bertz CT molecular complexity index is 1070. The Morgan fingerprint density at radius 3 is 2.22 bits per heavy atom. The maximum Gasteiger partial charge on any atom is 0.573 e. The summed E-state index contributed by atoms with van der Waals surface area (Å²) in [6, 6.07) is 10.7. The molecule has 2 rings (SSSR count). The molecule has 0 aliphatic heterocycles. The van der Waals surface area contributed by atoms with Crippen molar-refractivity contribution < 1.29 is 40.7 Å². The number of primary sulfonamides is 1. The number of rotatable bonds is 9. The maximum atomic E-state index is 12.1. The molecule has 8 nitrogen and oxygen atoms in total. The Labute approximate surface area is 181 Å². The van der Waals surface area contributed by atoms with Crippen molar-refractivity contribution >= 4 is 28.0 Å². The highest BCUT2D eigenvalue weighted by Crippen LogP contribution is 2.23. The highest BCUT2D eigenvalue weighted by atomic mass is 32.2. The molecular weight excluding hydrogens is 453 g/mol. The third-order valence-corrected chi connectivity index (χ3v) is 4.79. The van der Waals surface area contributed by atoms with Gasteiger partial charge in [0.2, 0.25) is 10.0 Å². The highest BCUT2D eigenvalue weighted by Gasteiger charge is 2.30. The summed E-state index contributed by atoms with van der Waals surface area (Å²) in [5, 5.41) is 7.55. The third kappa shape index (κ3) is 9.18. The highest BCUT2D eigenvalue weighted by molar-refractivity contribution is 7.89. The minimum Gasteiger partial charge on any atom is -0.452 e. The molecule has 0 aliphatic carbocycles. The fraction of sp³-hybridized carbons (Fsp3) is 0.200. The van der Waals surface area contributed by atoms with Gasteiger partial charge in [-0.05, 0) is 47.9 Å². The van der Waals surface area contributed by atoms with E-state index in [4.69, 9.17) is 9.88 Å². The molecule has 2 aromatic rings. The Kier molecular flexibility index (Phi) is 8.38. The SMILES string of the molecule is NS(=O)(=O)c1ccc(CCNC(=O)COC(=O)/C=C/c2ccc(OC(F)(F)F)cc2)cc1. The normalized spacial score (nSPS) is 11.9. The third-order valence-electron chi connectivity index (χ3n) is 3.86. The Hall–Kier alpha value is -3.38.